The number of hydrogen-bond acceptors (Lipinski definition) is 3. The zero-order valence-corrected chi connectivity index (χ0v) is 42.3. The Hall–Kier alpha value is -9.12. The second-order valence-corrected chi connectivity index (χ2v) is 19.4. The first-order chi connectivity index (χ1) is 36.2. The van der Waals surface area contributed by atoms with Crippen LogP contribution in [0.25, 0.3) is 67.5 Å². The fourth-order valence-electron chi connectivity index (χ4n) is 10.6. The van der Waals surface area contributed by atoms with E-state index in [1.165, 1.54) is 33.4 Å². The van der Waals surface area contributed by atoms with Gasteiger partial charge >= 0.3 is 0 Å². The van der Waals surface area contributed by atoms with Gasteiger partial charge in [-0.3, -0.25) is 0 Å². The lowest BCUT2D eigenvalue weighted by Gasteiger charge is -2.29. The van der Waals surface area contributed by atoms with E-state index >= 15 is 0 Å². The van der Waals surface area contributed by atoms with Gasteiger partial charge in [0.25, 0.3) is 0 Å². The molecular weight excluding hydrogens is 901 g/mol. The zero-order valence-electron chi connectivity index (χ0n) is 42.3. The first-order valence-electron chi connectivity index (χ1n) is 25.3. The van der Waals surface area contributed by atoms with Gasteiger partial charge in [-0.25, -0.2) is 0 Å². The molecule has 0 spiro atoms. The molecule has 0 amide bonds. The quantitative estimate of drug-likeness (QED) is 0.0965. The minimum absolute atomic E-state index is 0.208. The molecule has 0 atom stereocenters. The molecule has 10 aromatic rings. The lowest BCUT2D eigenvalue weighted by Crippen LogP contribution is -2.17. The van der Waals surface area contributed by atoms with Crippen LogP contribution >= 0.6 is 0 Å². The molecular formula is C70H58N2O2. The van der Waals surface area contributed by atoms with E-state index in [9.17, 15) is 0 Å². The van der Waals surface area contributed by atoms with Crippen LogP contribution < -0.4 is 14.4 Å². The number of allylic oxidation sites excluding steroid dienone is 5. The van der Waals surface area contributed by atoms with Gasteiger partial charge in [0.05, 0.1) is 16.7 Å². The number of anilines is 3. The standard InChI is InChI=1S/C70H58N2O2/c1-7-16-62-63-39-38-58(44-67(63)70(5,6)66(62)10-4)71(56-34-29-53(30-35-56)52-17-12-11-13-18-52)57-36-31-54(32-37-57)55-33-40-69-65(41-55)64-19-14-15-20-68(64)72(69)59-42-60(73-46-50-25-21-48(8-2)22-26-50)45-61(43-59)74-47-51-27-23-49(9-3)24-28-51/h7-45H,2-4,46-47H2,1,5-6H3/b16-7-. The number of benzene rings is 9. The highest BCUT2D eigenvalue weighted by Gasteiger charge is 2.36. The number of ether oxygens (including phenoxy) is 2. The van der Waals surface area contributed by atoms with Crippen LogP contribution in [0.15, 0.2) is 250 Å². The first-order valence-corrected chi connectivity index (χ1v) is 25.3. The monoisotopic (exact) mass is 958 g/mol. The van der Waals surface area contributed by atoms with Crippen LogP contribution in [0.1, 0.15) is 54.2 Å². The number of fused-ring (bicyclic) bond motifs is 4. The molecule has 1 aromatic heterocycles. The van der Waals surface area contributed by atoms with E-state index in [-0.39, 0.29) is 5.41 Å². The van der Waals surface area contributed by atoms with Crippen LogP contribution in [-0.4, -0.2) is 4.57 Å². The van der Waals surface area contributed by atoms with E-state index in [1.807, 2.05) is 24.3 Å². The number of para-hydroxylation sites is 1. The van der Waals surface area contributed by atoms with Gasteiger partial charge in [0.2, 0.25) is 0 Å². The fraction of sp³-hybridized carbons (Fsp3) is 0.0857. The van der Waals surface area contributed by atoms with Crippen molar-refractivity contribution in [3.05, 3.63) is 283 Å². The molecule has 0 unspecified atom stereocenters. The molecule has 0 radical (unpaired) electrons. The van der Waals surface area contributed by atoms with Crippen LogP contribution in [-0.2, 0) is 18.6 Å². The third-order valence-corrected chi connectivity index (χ3v) is 14.5. The van der Waals surface area contributed by atoms with Crippen molar-refractivity contribution >= 4 is 56.6 Å². The minimum Gasteiger partial charge on any atom is -0.489 e. The van der Waals surface area contributed by atoms with E-state index in [2.05, 4.69) is 262 Å². The highest BCUT2D eigenvalue weighted by Crippen LogP contribution is 2.50. The van der Waals surface area contributed by atoms with E-state index in [0.29, 0.717) is 13.2 Å². The molecule has 0 saturated heterocycles. The highest BCUT2D eigenvalue weighted by atomic mass is 16.5. The number of hydrogen-bond donors (Lipinski definition) is 0. The molecule has 11 rings (SSSR count). The smallest absolute Gasteiger partial charge is 0.125 e. The number of rotatable bonds is 16. The molecule has 1 aliphatic rings. The average Bonchev–Trinajstić information content (AvgIpc) is 3.89. The topological polar surface area (TPSA) is 26.6 Å². The second kappa shape index (κ2) is 20.2. The predicted molar refractivity (Wildman–Crippen MR) is 313 cm³/mol. The maximum absolute atomic E-state index is 6.54. The molecule has 9 aromatic carbocycles. The molecule has 1 heterocycles. The van der Waals surface area contributed by atoms with E-state index < -0.39 is 0 Å². The summed E-state index contributed by atoms with van der Waals surface area (Å²) in [4.78, 5) is 2.37. The SMILES string of the molecule is C=CC1=C(/C=C\C)c2ccc(N(c3ccc(-c4ccccc4)cc3)c3ccc(-c4ccc5c(c4)c4ccccc4n5-c4cc(OCc5ccc(C=C)cc5)cc(OCc5ccc(C=C)cc5)c4)cc3)cc2C1(C)C. The zero-order chi connectivity index (χ0) is 50.8. The van der Waals surface area contributed by atoms with Crippen molar-refractivity contribution in [2.24, 2.45) is 0 Å². The highest BCUT2D eigenvalue weighted by molar-refractivity contribution is 6.10. The molecule has 0 saturated carbocycles. The normalized spacial score (nSPS) is 12.8. The predicted octanol–water partition coefficient (Wildman–Crippen LogP) is 18.8. The van der Waals surface area contributed by atoms with Gasteiger partial charge < -0.3 is 18.9 Å². The molecule has 0 bridgehead atoms. The summed E-state index contributed by atoms with van der Waals surface area (Å²) in [5.74, 6) is 1.44. The second-order valence-electron chi connectivity index (χ2n) is 19.4. The molecule has 0 aliphatic heterocycles. The number of nitrogens with zero attached hydrogens (tertiary/aromatic N) is 2. The summed E-state index contributed by atoms with van der Waals surface area (Å²) in [5.41, 5.74) is 20.1. The number of aromatic nitrogens is 1. The maximum Gasteiger partial charge on any atom is 0.125 e. The fourth-order valence-corrected chi connectivity index (χ4v) is 10.6. The average molecular weight is 959 g/mol. The van der Waals surface area contributed by atoms with Crippen LogP contribution in [0.5, 0.6) is 11.5 Å². The summed E-state index contributed by atoms with van der Waals surface area (Å²) >= 11 is 0. The van der Waals surface area contributed by atoms with Gasteiger partial charge in [0, 0.05) is 51.4 Å². The van der Waals surface area contributed by atoms with Gasteiger partial charge in [-0.2, -0.15) is 0 Å². The molecule has 4 heteroatoms. The van der Waals surface area contributed by atoms with Crippen LogP contribution in [0.4, 0.5) is 17.1 Å². The van der Waals surface area contributed by atoms with Crippen LogP contribution in [0, 0.1) is 0 Å². The molecule has 0 fully saturated rings. The van der Waals surface area contributed by atoms with Gasteiger partial charge in [-0.1, -0.05) is 197 Å². The van der Waals surface area contributed by atoms with E-state index in [4.69, 9.17) is 9.47 Å². The molecule has 74 heavy (non-hydrogen) atoms. The van der Waals surface area contributed by atoms with Crippen LogP contribution in [0.3, 0.4) is 0 Å². The third kappa shape index (κ3) is 9.08. The minimum atomic E-state index is -0.208. The van der Waals surface area contributed by atoms with E-state index in [1.54, 1.807) is 0 Å². The van der Waals surface area contributed by atoms with Gasteiger partial charge in [-0.15, -0.1) is 0 Å². The van der Waals surface area contributed by atoms with Crippen LogP contribution in [0.2, 0.25) is 0 Å². The van der Waals surface area contributed by atoms with Crippen molar-refractivity contribution in [3.8, 4) is 39.4 Å². The third-order valence-electron chi connectivity index (χ3n) is 14.5. The van der Waals surface area contributed by atoms with Crippen molar-refractivity contribution in [2.45, 2.75) is 39.4 Å². The summed E-state index contributed by atoms with van der Waals surface area (Å²) in [6.45, 7) is 19.6. The van der Waals surface area contributed by atoms with E-state index in [0.717, 1.165) is 89.4 Å². The molecule has 360 valence electrons. The summed E-state index contributed by atoms with van der Waals surface area (Å²) in [7, 11) is 0. The Kier molecular flexibility index (Phi) is 12.9. The Labute approximate surface area is 435 Å². The lowest BCUT2D eigenvalue weighted by atomic mass is 9.81. The first kappa shape index (κ1) is 47.2. The Morgan fingerprint density at radius 2 is 1.01 bits per heavy atom. The van der Waals surface area contributed by atoms with Gasteiger partial charge in [0.15, 0.2) is 0 Å². The van der Waals surface area contributed by atoms with Crippen molar-refractivity contribution < 1.29 is 9.47 Å². The van der Waals surface area contributed by atoms with Crippen molar-refractivity contribution in [1.29, 1.82) is 0 Å². The molecule has 0 N–H and O–H groups in total. The van der Waals surface area contributed by atoms with Crippen molar-refractivity contribution in [1.82, 2.24) is 4.57 Å². The summed E-state index contributed by atoms with van der Waals surface area (Å²) in [6, 6.07) is 73.6. The summed E-state index contributed by atoms with van der Waals surface area (Å²) in [6.07, 6.45) is 10.1. The maximum atomic E-state index is 6.54. The Morgan fingerprint density at radius 3 is 1.59 bits per heavy atom. The molecule has 4 nitrogen and oxygen atoms in total. The summed E-state index contributed by atoms with van der Waals surface area (Å²) in [5, 5.41) is 2.32. The largest absolute Gasteiger partial charge is 0.489 e. The van der Waals surface area contributed by atoms with Gasteiger partial charge in [-0.05, 0) is 128 Å². The molecule has 1 aliphatic carbocycles. The van der Waals surface area contributed by atoms with Crippen molar-refractivity contribution in [2.75, 3.05) is 4.90 Å². The Morgan fingerprint density at radius 1 is 0.486 bits per heavy atom. The van der Waals surface area contributed by atoms with Crippen molar-refractivity contribution in [3.63, 3.8) is 0 Å². The Bertz CT molecular complexity index is 3700. The van der Waals surface area contributed by atoms with Gasteiger partial charge in [0.1, 0.15) is 24.7 Å². The summed E-state index contributed by atoms with van der Waals surface area (Å²) < 4.78 is 15.4. The Balaban J connectivity index is 0.959. The lowest BCUT2D eigenvalue weighted by molar-refractivity contribution is 0.290.